The number of aromatic hydroxyl groups is 1. The molecular weight excluding hydrogens is 2050 g/mol. The quantitative estimate of drug-likeness (QED) is 0.0193. The maximum Gasteiger partial charge on any atom is 0.316 e. The Hall–Kier alpha value is -10.9. The number of Topliss-reactive ketones (excluding diaryl/α,β-unsaturated/α-hetero) is 3. The van der Waals surface area contributed by atoms with Crippen LogP contribution >= 0.6 is 70.6 Å². The van der Waals surface area contributed by atoms with Crippen molar-refractivity contribution in [2.45, 2.75) is 279 Å². The number of phenols is 1. The largest absolute Gasteiger partial charge is 0.508 e. The van der Waals surface area contributed by atoms with Gasteiger partial charge in [-0.2, -0.15) is 23.5 Å². The molecule has 0 radical (unpaired) electrons. The number of ketones is 3. The number of phenolic OH excluding ortho intramolecular Hbond substituents is 1. The molecule has 0 saturated carbocycles. The van der Waals surface area contributed by atoms with Crippen LogP contribution in [0.5, 0.6) is 5.75 Å². The van der Waals surface area contributed by atoms with Crippen LogP contribution in [-0.4, -0.2) is 312 Å². The van der Waals surface area contributed by atoms with E-state index in [2.05, 4.69) is 93.4 Å². The molecule has 1 aromatic rings. The van der Waals surface area contributed by atoms with Crippen molar-refractivity contribution in [2.75, 3.05) is 121 Å². The van der Waals surface area contributed by atoms with Gasteiger partial charge in [-0.15, -0.1) is 0 Å². The summed E-state index contributed by atoms with van der Waals surface area (Å²) in [6.07, 6.45) is 3.73. The molecule has 0 spiro atoms. The van der Waals surface area contributed by atoms with E-state index in [0.29, 0.717) is 61.6 Å². The number of urea groups is 1. The first kappa shape index (κ1) is 129. The molecule has 15 amide bonds. The summed E-state index contributed by atoms with van der Waals surface area (Å²) in [6.45, 7) is -1.20. The van der Waals surface area contributed by atoms with Gasteiger partial charge >= 0.3 is 29.9 Å². The topological polar surface area (TPSA) is 678 Å². The van der Waals surface area contributed by atoms with Gasteiger partial charge in [-0.1, -0.05) is 78.4 Å². The van der Waals surface area contributed by atoms with Gasteiger partial charge in [0.1, 0.15) is 23.9 Å². The molecule has 3 fully saturated rings. The molecule has 45 nitrogen and oxygen atoms in total. The van der Waals surface area contributed by atoms with Gasteiger partial charge in [0, 0.05) is 157 Å². The van der Waals surface area contributed by atoms with E-state index in [1.165, 1.54) is 33.5 Å². The number of rotatable bonds is 80. The molecular formula is C97H147N15O30S6. The third-order valence-electron chi connectivity index (χ3n) is 23.8. The van der Waals surface area contributed by atoms with Crippen LogP contribution in [0.3, 0.4) is 0 Å². The highest BCUT2D eigenvalue weighted by molar-refractivity contribution is 8.15. The number of esters is 4. The molecule has 0 aliphatic carbocycles. The van der Waals surface area contributed by atoms with Gasteiger partial charge in [-0.3, -0.25) is 115 Å². The maximum absolute atomic E-state index is 14.4. The fourth-order valence-corrected chi connectivity index (χ4v) is 20.9. The van der Waals surface area contributed by atoms with Crippen LogP contribution in [0.15, 0.2) is 24.3 Å². The number of fused-ring (bicyclic) bond motifs is 1. The SMILES string of the molecule is COC(=O)CSC(=O)CCCC(=O)NCCCC[C@H](NC(=O)CCCC(=O)SCC(=O)OC)C(=O)CCC(=O)N[C@@H](CCCCNC(=O)CNC(=O)[C@H](CCCCNC(=O)CCCC(=O)SCC(=O)OC)NC(=O)CCCC(=O)SCC(=O)OC)C(=O)NCCCC[C@H](CC(=O)CNC(=O)C1CCSC1)C(=O)NCC(=O)C[C@@H](CCCCNC(=O)CCCCC1SCC2NC(=O)NC21)C(=O)N[C@@H](Cc1ccc(O)cc1)C(N)=O. The average Bonchev–Trinajstić information content (AvgIpc) is 1.66. The zero-order chi connectivity index (χ0) is 109. The van der Waals surface area contributed by atoms with Crippen molar-refractivity contribution < 1.29 is 144 Å². The molecule has 0 aromatic heterocycles. The van der Waals surface area contributed by atoms with Crippen molar-refractivity contribution in [2.24, 2.45) is 23.5 Å². The highest BCUT2D eigenvalue weighted by Crippen LogP contribution is 2.34. The minimum atomic E-state index is -1.32. The van der Waals surface area contributed by atoms with Crippen LogP contribution in [0.2, 0.25) is 0 Å². The standard InChI is InChI=1S/C97H147N15O30S6/c1-139-82(124)57-145-86(128)32-17-28-76(118)100-44-14-9-23-68(107-78(120)30-19-34-88(130)147-59-84(126)141-3)73(116)40-41-80(122)109-69(24-11-16-46-102-81(123)54-106-96(137)70(108-79(121)31-20-35-89(131)148-60-85(127)142-4)25-10-15-45-101-77(119)29-18-33-87(129)146-58-83(125)140-2)95(136)103-47-13-8-21-62(50-66(114)53-105-93(134)64-42-48-143-55-64)92(133)104-52-67(115)51-63(94(135)110-71(91(98)132)49-61-36-38-65(113)39-37-61)22-7-12-43-99-75(117)27-6-5-26-74-90-72(56-144-74)111-97(138)112-90/h36-39,62-64,68-72,74,90,113H,5-35,40-60H2,1-4H3,(H2,98,132)(H,99,117)(H,100,118)(H,101,119)(H,102,123)(H,103,136)(H,104,133)(H,105,134)(H,106,137)(H,107,120)(H,108,121)(H,109,122)(H,110,135)(H2,111,112,138)/t62-,63-,64?,68+,69+,70+,71+,72?,74?,90?/m1/s1. The second-order valence-corrected chi connectivity index (χ2v) is 42.2. The number of nitrogens with two attached hydrogens (primary N) is 1. The van der Waals surface area contributed by atoms with E-state index < -0.39 is 181 Å². The molecule has 10 atom stereocenters. The summed E-state index contributed by atoms with van der Waals surface area (Å²) in [6, 6.07) is 0.865. The highest BCUT2D eigenvalue weighted by atomic mass is 32.2. The van der Waals surface area contributed by atoms with Crippen LogP contribution in [-0.2, 0) is 140 Å². The monoisotopic (exact) mass is 2190 g/mol. The number of unbranched alkanes of at least 4 members (excludes halogenated alkanes) is 6. The molecule has 0 bridgehead atoms. The summed E-state index contributed by atoms with van der Waals surface area (Å²) in [7, 11) is 4.72. The van der Waals surface area contributed by atoms with Crippen LogP contribution in [0.25, 0.3) is 0 Å². The summed E-state index contributed by atoms with van der Waals surface area (Å²) in [5.74, 6) is -13.1. The van der Waals surface area contributed by atoms with Crippen LogP contribution in [0.4, 0.5) is 4.79 Å². The van der Waals surface area contributed by atoms with E-state index in [1.807, 2.05) is 0 Å². The van der Waals surface area contributed by atoms with Gasteiger partial charge in [-0.05, 0) is 152 Å². The smallest absolute Gasteiger partial charge is 0.316 e. The predicted molar refractivity (Wildman–Crippen MR) is 555 cm³/mol. The van der Waals surface area contributed by atoms with Crippen molar-refractivity contribution in [1.82, 2.24) is 74.4 Å². The molecule has 3 saturated heterocycles. The van der Waals surface area contributed by atoms with E-state index in [9.17, 15) is 125 Å². The van der Waals surface area contributed by atoms with Crippen molar-refractivity contribution >= 4 is 215 Å². The van der Waals surface area contributed by atoms with Gasteiger partial charge in [0.2, 0.25) is 76.8 Å². The second kappa shape index (κ2) is 76.6. The number of nitrogens with one attached hydrogen (secondary N) is 14. The molecule has 17 N–H and O–H groups in total. The fourth-order valence-electron chi connectivity index (χ4n) is 15.4. The molecule has 51 heteroatoms. The number of hydrogen-bond donors (Lipinski definition) is 16. The Morgan fingerprint density at radius 2 is 0.791 bits per heavy atom. The lowest BCUT2D eigenvalue weighted by Gasteiger charge is -2.21. The number of ether oxygens (including phenoxy) is 4. The molecule has 4 unspecified atom stereocenters. The number of carbonyl (C=O) groups is 25. The third-order valence-corrected chi connectivity index (χ3v) is 30.1. The summed E-state index contributed by atoms with van der Waals surface area (Å²) < 4.78 is 18.2. The van der Waals surface area contributed by atoms with Gasteiger partial charge in [0.25, 0.3) is 0 Å². The second-order valence-electron chi connectivity index (χ2n) is 35.7. The summed E-state index contributed by atoms with van der Waals surface area (Å²) >= 11 is 6.35. The van der Waals surface area contributed by atoms with Crippen molar-refractivity contribution in [3.8, 4) is 5.75 Å². The van der Waals surface area contributed by atoms with Crippen molar-refractivity contribution in [3.05, 3.63) is 29.8 Å². The summed E-state index contributed by atoms with van der Waals surface area (Å²) in [5.41, 5.74) is 6.33. The Labute approximate surface area is 887 Å². The van der Waals surface area contributed by atoms with Crippen LogP contribution in [0, 0.1) is 17.8 Å². The lowest BCUT2D eigenvalue weighted by Crippen LogP contribution is -2.49. The Kier molecular flexibility index (Phi) is 66.9. The number of methoxy groups -OCH3 is 4. The molecule has 148 heavy (non-hydrogen) atoms. The van der Waals surface area contributed by atoms with Gasteiger partial charge in [0.15, 0.2) is 37.8 Å². The van der Waals surface area contributed by atoms with E-state index in [1.54, 1.807) is 35.7 Å². The Bertz CT molecular complexity index is 4580. The van der Waals surface area contributed by atoms with Gasteiger partial charge < -0.3 is 104 Å². The zero-order valence-corrected chi connectivity index (χ0v) is 89.6. The van der Waals surface area contributed by atoms with Crippen LogP contribution in [0.1, 0.15) is 237 Å². The minimum absolute atomic E-state index is 0.00411. The van der Waals surface area contributed by atoms with E-state index in [-0.39, 0.29) is 290 Å². The van der Waals surface area contributed by atoms with E-state index >= 15 is 0 Å². The molecule has 4 rings (SSSR count). The lowest BCUT2D eigenvalue weighted by atomic mass is 9.93. The molecule has 3 heterocycles. The zero-order valence-electron chi connectivity index (χ0n) is 84.7. The van der Waals surface area contributed by atoms with Gasteiger partial charge in [0.05, 0.1) is 89.2 Å². The fraction of sp³-hybridized carbons (Fsp3) is 0.680. The first-order valence-corrected chi connectivity index (χ1v) is 56.2. The minimum Gasteiger partial charge on any atom is -0.508 e. The van der Waals surface area contributed by atoms with Crippen molar-refractivity contribution in [1.29, 1.82) is 0 Å². The van der Waals surface area contributed by atoms with E-state index in [4.69, 9.17) is 5.73 Å². The van der Waals surface area contributed by atoms with Crippen LogP contribution < -0.4 is 80.2 Å². The Morgan fingerprint density at radius 1 is 0.392 bits per heavy atom. The summed E-state index contributed by atoms with van der Waals surface area (Å²) in [4.78, 5) is 324. The number of thioether (sulfide) groups is 6. The third kappa shape index (κ3) is 59.5. The average molecular weight is 2200 g/mol. The molecule has 826 valence electrons. The molecule has 3 aliphatic heterocycles. The Morgan fingerprint density at radius 3 is 1.24 bits per heavy atom. The lowest BCUT2D eigenvalue weighted by molar-refractivity contribution is -0.138. The Balaban J connectivity index is 1.51. The van der Waals surface area contributed by atoms with E-state index in [0.717, 1.165) is 66.7 Å². The first-order chi connectivity index (χ1) is 70.9. The number of carbonyl (C=O) groups excluding carboxylic acids is 25. The maximum atomic E-state index is 14.4. The predicted octanol–water partition coefficient (Wildman–Crippen LogP) is 2.53. The number of primary amides is 1. The molecule has 1 aromatic carbocycles. The number of benzene rings is 1. The number of hydrogen-bond acceptors (Lipinski definition) is 36. The number of amides is 15. The van der Waals surface area contributed by atoms with Crippen molar-refractivity contribution in [3.63, 3.8) is 0 Å². The highest BCUT2D eigenvalue weighted by Gasteiger charge is 2.43. The normalized spacial score (nSPS) is 15.4. The first-order valence-electron chi connectivity index (χ1n) is 50.0. The van der Waals surface area contributed by atoms with Gasteiger partial charge in [-0.25, -0.2) is 4.79 Å². The molecule has 3 aliphatic rings. The summed E-state index contributed by atoms with van der Waals surface area (Å²) in [5, 5.41) is 47.0.